The minimum Gasteiger partial charge on any atom is -0.455 e. The molecule has 1 heterocycles. The molecule has 0 bridgehead atoms. The smallest absolute Gasteiger partial charge is 0.271 e. The molecular formula is C18H14FN3O4S. The van der Waals surface area contributed by atoms with Gasteiger partial charge in [-0.2, -0.15) is 5.10 Å². The highest BCUT2D eigenvalue weighted by atomic mass is 32.2. The van der Waals surface area contributed by atoms with Gasteiger partial charge in [0.15, 0.2) is 0 Å². The quantitative estimate of drug-likeness (QED) is 0.517. The van der Waals surface area contributed by atoms with Gasteiger partial charge in [0.05, 0.1) is 11.1 Å². The maximum absolute atomic E-state index is 12.8. The van der Waals surface area contributed by atoms with E-state index in [1.165, 1.54) is 42.6 Å². The molecule has 7 nitrogen and oxygen atoms in total. The van der Waals surface area contributed by atoms with Crippen LogP contribution in [0.15, 0.2) is 75.1 Å². The fraction of sp³-hybridized carbons (Fsp3) is 0. The molecule has 0 saturated heterocycles. The lowest BCUT2D eigenvalue weighted by molar-refractivity contribution is 0.0955. The molecule has 0 aliphatic heterocycles. The zero-order chi connectivity index (χ0) is 19.4. The summed E-state index contributed by atoms with van der Waals surface area (Å²) < 4.78 is 40.9. The second kappa shape index (κ2) is 7.52. The van der Waals surface area contributed by atoms with Crippen molar-refractivity contribution < 1.29 is 22.0 Å². The van der Waals surface area contributed by atoms with Crippen LogP contribution in [-0.2, 0) is 10.0 Å². The van der Waals surface area contributed by atoms with Crippen molar-refractivity contribution >= 4 is 22.1 Å². The van der Waals surface area contributed by atoms with Crippen LogP contribution >= 0.6 is 0 Å². The number of primary sulfonamides is 1. The van der Waals surface area contributed by atoms with Gasteiger partial charge in [0.2, 0.25) is 10.0 Å². The minimum atomic E-state index is -3.75. The summed E-state index contributed by atoms with van der Waals surface area (Å²) in [4.78, 5) is 11.9. The Kier molecular flexibility index (Phi) is 5.15. The van der Waals surface area contributed by atoms with Crippen LogP contribution in [-0.4, -0.2) is 20.5 Å². The highest BCUT2D eigenvalue weighted by Crippen LogP contribution is 2.22. The molecule has 0 atom stereocenters. The largest absolute Gasteiger partial charge is 0.455 e. The Labute approximate surface area is 154 Å². The van der Waals surface area contributed by atoms with Crippen molar-refractivity contribution in [3.05, 3.63) is 77.8 Å². The number of benzene rings is 2. The number of hydrogen-bond donors (Lipinski definition) is 2. The van der Waals surface area contributed by atoms with Crippen molar-refractivity contribution in [1.82, 2.24) is 5.43 Å². The van der Waals surface area contributed by atoms with E-state index in [-0.39, 0.29) is 10.5 Å². The number of hydrogen-bond acceptors (Lipinski definition) is 5. The van der Waals surface area contributed by atoms with Gasteiger partial charge in [-0.1, -0.05) is 0 Å². The predicted molar refractivity (Wildman–Crippen MR) is 97.0 cm³/mol. The third-order valence-electron chi connectivity index (χ3n) is 3.56. The lowest BCUT2D eigenvalue weighted by Crippen LogP contribution is -2.17. The van der Waals surface area contributed by atoms with Crippen molar-refractivity contribution in [1.29, 1.82) is 0 Å². The topological polar surface area (TPSA) is 115 Å². The molecule has 2 aromatic carbocycles. The standard InChI is InChI=1S/C18H14FN3O4S/c19-14-5-1-13(2-6-14)18(23)22-21-11-15-7-10-17(26-15)12-3-8-16(9-4-12)27(20,24)25/h1-11H,(H,22,23)(H2,20,24,25)/b21-11-. The molecule has 0 saturated carbocycles. The molecule has 9 heteroatoms. The molecule has 3 rings (SSSR count). The van der Waals surface area contributed by atoms with E-state index in [9.17, 15) is 17.6 Å². The van der Waals surface area contributed by atoms with Gasteiger partial charge in [0.1, 0.15) is 17.3 Å². The molecule has 138 valence electrons. The number of carbonyl (C=O) groups is 1. The van der Waals surface area contributed by atoms with Crippen LogP contribution in [0.2, 0.25) is 0 Å². The van der Waals surface area contributed by atoms with Crippen molar-refractivity contribution in [3.8, 4) is 11.3 Å². The number of nitrogens with one attached hydrogen (secondary N) is 1. The second-order valence-electron chi connectivity index (χ2n) is 5.48. The highest BCUT2D eigenvalue weighted by molar-refractivity contribution is 7.89. The van der Waals surface area contributed by atoms with Gasteiger partial charge in [-0.3, -0.25) is 4.79 Å². The van der Waals surface area contributed by atoms with Crippen LogP contribution in [0.4, 0.5) is 4.39 Å². The van der Waals surface area contributed by atoms with E-state index in [0.717, 1.165) is 0 Å². The third-order valence-corrected chi connectivity index (χ3v) is 4.49. The van der Waals surface area contributed by atoms with Crippen molar-refractivity contribution in [2.24, 2.45) is 10.2 Å². The van der Waals surface area contributed by atoms with Crippen LogP contribution in [0.3, 0.4) is 0 Å². The first-order valence-electron chi connectivity index (χ1n) is 7.65. The number of nitrogens with zero attached hydrogens (tertiary/aromatic N) is 1. The van der Waals surface area contributed by atoms with Crippen molar-refractivity contribution in [2.45, 2.75) is 4.90 Å². The van der Waals surface area contributed by atoms with Gasteiger partial charge in [0, 0.05) is 11.1 Å². The molecule has 0 fully saturated rings. The lowest BCUT2D eigenvalue weighted by atomic mass is 10.2. The van der Waals surface area contributed by atoms with Crippen molar-refractivity contribution in [2.75, 3.05) is 0 Å². The zero-order valence-corrected chi connectivity index (χ0v) is 14.6. The molecule has 0 radical (unpaired) electrons. The summed E-state index contributed by atoms with van der Waals surface area (Å²) in [6.45, 7) is 0. The Morgan fingerprint density at radius 1 is 1.04 bits per heavy atom. The van der Waals surface area contributed by atoms with Gasteiger partial charge in [-0.05, 0) is 60.7 Å². The number of rotatable bonds is 5. The first-order chi connectivity index (χ1) is 12.8. The average Bonchev–Trinajstić information content (AvgIpc) is 3.10. The summed E-state index contributed by atoms with van der Waals surface area (Å²) in [6, 6.07) is 14.2. The number of nitrogens with two attached hydrogens (primary N) is 1. The third kappa shape index (κ3) is 4.66. The number of amides is 1. The van der Waals surface area contributed by atoms with Gasteiger partial charge in [0.25, 0.3) is 5.91 Å². The fourth-order valence-corrected chi connectivity index (χ4v) is 2.72. The number of halogens is 1. The van der Waals surface area contributed by atoms with Crippen LogP contribution in [0.5, 0.6) is 0 Å². The van der Waals surface area contributed by atoms with E-state index in [4.69, 9.17) is 9.56 Å². The number of furan rings is 1. The lowest BCUT2D eigenvalue weighted by Gasteiger charge is -2.00. The highest BCUT2D eigenvalue weighted by Gasteiger charge is 2.09. The fourth-order valence-electron chi connectivity index (χ4n) is 2.21. The van der Waals surface area contributed by atoms with E-state index in [1.807, 2.05) is 0 Å². The van der Waals surface area contributed by atoms with E-state index in [0.29, 0.717) is 17.1 Å². The Hall–Kier alpha value is -3.30. The normalized spacial score (nSPS) is 11.6. The molecule has 0 aliphatic carbocycles. The van der Waals surface area contributed by atoms with Gasteiger partial charge in [-0.25, -0.2) is 23.4 Å². The summed E-state index contributed by atoms with van der Waals surface area (Å²) in [5.74, 6) is -0.0610. The molecular weight excluding hydrogens is 373 g/mol. The van der Waals surface area contributed by atoms with Crippen molar-refractivity contribution in [3.63, 3.8) is 0 Å². The monoisotopic (exact) mass is 387 g/mol. The predicted octanol–water partition coefficient (Wildman–Crippen LogP) is 2.50. The van der Waals surface area contributed by atoms with Crippen LogP contribution < -0.4 is 10.6 Å². The number of hydrazone groups is 1. The maximum atomic E-state index is 12.8. The van der Waals surface area contributed by atoms with E-state index < -0.39 is 21.7 Å². The molecule has 1 amide bonds. The first-order valence-corrected chi connectivity index (χ1v) is 9.19. The summed E-state index contributed by atoms with van der Waals surface area (Å²) in [5, 5.41) is 8.84. The van der Waals surface area contributed by atoms with Gasteiger partial charge >= 0.3 is 0 Å². The Balaban J connectivity index is 1.66. The van der Waals surface area contributed by atoms with E-state index in [2.05, 4.69) is 10.5 Å². The SMILES string of the molecule is NS(=O)(=O)c1ccc(-c2ccc(/C=N\NC(=O)c3ccc(F)cc3)o2)cc1. The molecule has 0 unspecified atom stereocenters. The van der Waals surface area contributed by atoms with E-state index in [1.54, 1.807) is 24.3 Å². The summed E-state index contributed by atoms with van der Waals surface area (Å²) in [7, 11) is -3.75. The molecule has 3 N–H and O–H groups in total. The molecule has 0 aliphatic rings. The summed E-state index contributed by atoms with van der Waals surface area (Å²) in [6.07, 6.45) is 1.31. The minimum absolute atomic E-state index is 0.00287. The van der Waals surface area contributed by atoms with Crippen LogP contribution in [0.1, 0.15) is 16.1 Å². The zero-order valence-electron chi connectivity index (χ0n) is 13.8. The van der Waals surface area contributed by atoms with Gasteiger partial charge < -0.3 is 4.42 Å². The number of carbonyl (C=O) groups excluding carboxylic acids is 1. The van der Waals surface area contributed by atoms with Crippen LogP contribution in [0.25, 0.3) is 11.3 Å². The van der Waals surface area contributed by atoms with Gasteiger partial charge in [-0.15, -0.1) is 0 Å². The maximum Gasteiger partial charge on any atom is 0.271 e. The number of sulfonamides is 1. The Morgan fingerprint density at radius 2 is 1.70 bits per heavy atom. The summed E-state index contributed by atoms with van der Waals surface area (Å²) >= 11 is 0. The molecule has 0 spiro atoms. The molecule has 1 aromatic heterocycles. The van der Waals surface area contributed by atoms with E-state index >= 15 is 0 Å². The first kappa shape index (κ1) is 18.5. The van der Waals surface area contributed by atoms with Crippen LogP contribution in [0, 0.1) is 5.82 Å². The second-order valence-corrected chi connectivity index (χ2v) is 7.04. The summed E-state index contributed by atoms with van der Waals surface area (Å²) in [5.41, 5.74) is 3.23. The Bertz CT molecular complexity index is 1090. The average molecular weight is 387 g/mol. The Morgan fingerprint density at radius 3 is 2.33 bits per heavy atom. The molecule has 27 heavy (non-hydrogen) atoms. The molecule has 3 aromatic rings.